The monoisotopic (exact) mass is 148 g/mol. The molecule has 0 saturated carbocycles. The van der Waals surface area contributed by atoms with Gasteiger partial charge in [-0.1, -0.05) is 11.8 Å². The van der Waals surface area contributed by atoms with Crippen molar-refractivity contribution in [2.45, 2.75) is 5.37 Å². The average Bonchev–Trinajstić information content (AvgIpc) is 2.37. The molecule has 0 aliphatic carbocycles. The maximum Gasteiger partial charge on any atom is 0.375 e. The van der Waals surface area contributed by atoms with Crippen LogP contribution in [0.15, 0.2) is 0 Å². The zero-order chi connectivity index (χ0) is 6.69. The Morgan fingerprint density at radius 1 is 1.89 bits per heavy atom. The molecule has 1 saturated heterocycles. The van der Waals surface area contributed by atoms with Crippen LogP contribution < -0.4 is 5.32 Å². The van der Waals surface area contributed by atoms with E-state index in [1.54, 1.807) is 11.8 Å². The molecule has 0 aromatic rings. The zero-order valence-electron chi connectivity index (χ0n) is 5.29. The summed E-state index contributed by atoms with van der Waals surface area (Å²) in [5, 5.41) is 2.01. The van der Waals surface area contributed by atoms with Gasteiger partial charge in [-0.2, -0.15) is 0 Å². The number of nitrogens with two attached hydrogens (primary N) is 1. The van der Waals surface area contributed by atoms with Gasteiger partial charge < -0.3 is 10.1 Å². The fourth-order valence-corrected chi connectivity index (χ4v) is 1.79. The smallest absolute Gasteiger partial charge is 0.375 e. The molecule has 1 aliphatic heterocycles. The first-order valence-corrected chi connectivity index (χ1v) is 3.92. The van der Waals surface area contributed by atoms with Crippen LogP contribution in [0.2, 0.25) is 0 Å². The third-order valence-electron chi connectivity index (χ3n) is 1.23. The molecule has 1 heterocycles. The van der Waals surface area contributed by atoms with Gasteiger partial charge in [-0.25, -0.2) is 4.79 Å². The molecule has 1 aliphatic rings. The van der Waals surface area contributed by atoms with Gasteiger partial charge in [-0.05, 0) is 0 Å². The molecule has 0 unspecified atom stereocenters. The van der Waals surface area contributed by atoms with E-state index in [1.807, 2.05) is 5.32 Å². The topological polar surface area (TPSA) is 42.9 Å². The third kappa shape index (κ3) is 1.59. The number of carbonyl (C=O) groups is 1. The number of carbonyl (C=O) groups excluding carboxylic acids is 1. The van der Waals surface area contributed by atoms with Crippen LogP contribution in [0.3, 0.4) is 0 Å². The standard InChI is InChI=1S/C5H9NO2S/c1-8-5(7)4-6-2-3-9-4/h4,6H,2-3H2,1H3/p+1/t4-/m1/s1. The van der Waals surface area contributed by atoms with Crippen LogP contribution in [-0.2, 0) is 9.53 Å². The summed E-state index contributed by atoms with van der Waals surface area (Å²) >= 11 is 1.64. The van der Waals surface area contributed by atoms with Gasteiger partial charge in [0.15, 0.2) is 0 Å². The molecular formula is C5H10NO2S+. The summed E-state index contributed by atoms with van der Waals surface area (Å²) in [4.78, 5) is 10.7. The lowest BCUT2D eigenvalue weighted by molar-refractivity contribution is -0.647. The van der Waals surface area contributed by atoms with Crippen LogP contribution in [-0.4, -0.2) is 30.8 Å². The van der Waals surface area contributed by atoms with Crippen molar-refractivity contribution < 1.29 is 14.8 Å². The summed E-state index contributed by atoms with van der Waals surface area (Å²) in [7, 11) is 1.43. The minimum absolute atomic E-state index is 0.00926. The Morgan fingerprint density at radius 3 is 3.11 bits per heavy atom. The second-order valence-corrected chi connectivity index (χ2v) is 3.09. The highest BCUT2D eigenvalue weighted by Gasteiger charge is 2.27. The molecule has 0 aromatic heterocycles. The van der Waals surface area contributed by atoms with Gasteiger partial charge in [-0.15, -0.1) is 0 Å². The number of rotatable bonds is 1. The van der Waals surface area contributed by atoms with E-state index in [2.05, 4.69) is 4.74 Å². The Kier molecular flexibility index (Phi) is 2.36. The summed E-state index contributed by atoms with van der Waals surface area (Å²) in [6.07, 6.45) is 0. The van der Waals surface area contributed by atoms with Crippen LogP contribution in [0.1, 0.15) is 0 Å². The number of methoxy groups -OCH3 is 1. The molecule has 1 atom stereocenters. The maximum absolute atomic E-state index is 10.7. The molecule has 9 heavy (non-hydrogen) atoms. The van der Waals surface area contributed by atoms with E-state index in [0.717, 1.165) is 12.3 Å². The fourth-order valence-electron chi connectivity index (χ4n) is 0.763. The number of hydrogen-bond donors (Lipinski definition) is 1. The lowest BCUT2D eigenvalue weighted by atomic mass is 10.6. The van der Waals surface area contributed by atoms with Crippen LogP contribution >= 0.6 is 11.8 Å². The molecule has 0 aromatic carbocycles. The van der Waals surface area contributed by atoms with Gasteiger partial charge in [0.1, 0.15) is 0 Å². The number of quaternary nitrogens is 1. The number of hydrogen-bond acceptors (Lipinski definition) is 3. The van der Waals surface area contributed by atoms with E-state index < -0.39 is 0 Å². The first-order chi connectivity index (χ1) is 4.34. The highest BCUT2D eigenvalue weighted by atomic mass is 32.2. The second-order valence-electron chi connectivity index (χ2n) is 1.84. The lowest BCUT2D eigenvalue weighted by Gasteiger charge is -2.00. The minimum atomic E-state index is -0.113. The van der Waals surface area contributed by atoms with Crippen LogP contribution in [0.4, 0.5) is 0 Å². The van der Waals surface area contributed by atoms with Crippen molar-refractivity contribution in [3.8, 4) is 0 Å². The maximum atomic E-state index is 10.7. The van der Waals surface area contributed by atoms with E-state index in [4.69, 9.17) is 0 Å². The molecule has 0 bridgehead atoms. The molecule has 0 radical (unpaired) electrons. The van der Waals surface area contributed by atoms with Gasteiger partial charge in [-0.3, -0.25) is 0 Å². The quantitative estimate of drug-likeness (QED) is 0.475. The van der Waals surface area contributed by atoms with Gasteiger partial charge in [0.25, 0.3) is 0 Å². The van der Waals surface area contributed by atoms with Gasteiger partial charge >= 0.3 is 5.97 Å². The first kappa shape index (κ1) is 6.89. The Balaban J connectivity index is 2.32. The second kappa shape index (κ2) is 3.08. The number of ether oxygens (including phenoxy) is 1. The van der Waals surface area contributed by atoms with Crippen molar-refractivity contribution >= 4 is 17.7 Å². The van der Waals surface area contributed by atoms with Gasteiger partial charge in [0, 0.05) is 5.75 Å². The number of esters is 1. The predicted octanol–water partition coefficient (Wildman–Crippen LogP) is -1.20. The molecule has 0 amide bonds. The van der Waals surface area contributed by atoms with E-state index in [0.29, 0.717) is 0 Å². The normalized spacial score (nSPS) is 26.1. The average molecular weight is 148 g/mol. The van der Waals surface area contributed by atoms with E-state index in [-0.39, 0.29) is 11.3 Å². The summed E-state index contributed by atoms with van der Waals surface area (Å²) in [6.45, 7) is 1.03. The minimum Gasteiger partial charge on any atom is -0.464 e. The fraction of sp³-hybridized carbons (Fsp3) is 0.800. The van der Waals surface area contributed by atoms with Gasteiger partial charge in [0.2, 0.25) is 5.37 Å². The van der Waals surface area contributed by atoms with Crippen molar-refractivity contribution in [3.63, 3.8) is 0 Å². The molecule has 0 spiro atoms. The molecule has 4 heteroatoms. The zero-order valence-corrected chi connectivity index (χ0v) is 6.11. The van der Waals surface area contributed by atoms with Crippen molar-refractivity contribution in [1.29, 1.82) is 0 Å². The molecule has 2 N–H and O–H groups in total. The van der Waals surface area contributed by atoms with Crippen LogP contribution in [0.5, 0.6) is 0 Å². The molecule has 1 rings (SSSR count). The SMILES string of the molecule is COC(=O)[C@@H]1[NH2+]CCS1. The van der Waals surface area contributed by atoms with Crippen molar-refractivity contribution in [3.05, 3.63) is 0 Å². The summed E-state index contributed by atoms with van der Waals surface area (Å²) < 4.78 is 4.54. The van der Waals surface area contributed by atoms with E-state index >= 15 is 0 Å². The van der Waals surface area contributed by atoms with Crippen molar-refractivity contribution in [2.24, 2.45) is 0 Å². The third-order valence-corrected chi connectivity index (χ3v) is 2.44. The Bertz CT molecular complexity index is 112. The highest BCUT2D eigenvalue weighted by molar-refractivity contribution is 8.00. The molecule has 52 valence electrons. The lowest BCUT2D eigenvalue weighted by Crippen LogP contribution is -2.88. The molecule has 3 nitrogen and oxygen atoms in total. The van der Waals surface area contributed by atoms with E-state index in [9.17, 15) is 4.79 Å². The Morgan fingerprint density at radius 2 is 2.67 bits per heavy atom. The van der Waals surface area contributed by atoms with Crippen LogP contribution in [0, 0.1) is 0 Å². The Hall–Kier alpha value is -0.220. The van der Waals surface area contributed by atoms with E-state index in [1.165, 1.54) is 7.11 Å². The summed E-state index contributed by atoms with van der Waals surface area (Å²) in [5.74, 6) is 0.942. The predicted molar refractivity (Wildman–Crippen MR) is 35.1 cm³/mol. The summed E-state index contributed by atoms with van der Waals surface area (Å²) in [6, 6.07) is 0. The van der Waals surface area contributed by atoms with Crippen LogP contribution in [0.25, 0.3) is 0 Å². The Labute approximate surface area is 58.1 Å². The first-order valence-electron chi connectivity index (χ1n) is 2.87. The summed E-state index contributed by atoms with van der Waals surface area (Å²) in [5.41, 5.74) is 0. The van der Waals surface area contributed by atoms with Crippen molar-refractivity contribution in [1.82, 2.24) is 0 Å². The number of thioether (sulfide) groups is 1. The highest BCUT2D eigenvalue weighted by Crippen LogP contribution is 2.07. The van der Waals surface area contributed by atoms with Gasteiger partial charge in [0.05, 0.1) is 13.7 Å². The molecule has 1 fully saturated rings. The largest absolute Gasteiger partial charge is 0.464 e. The van der Waals surface area contributed by atoms with Crippen molar-refractivity contribution in [2.75, 3.05) is 19.4 Å². The molecular weight excluding hydrogens is 138 g/mol.